The van der Waals surface area contributed by atoms with E-state index in [1.807, 2.05) is 12.1 Å². The van der Waals surface area contributed by atoms with Crippen LogP contribution in [-0.4, -0.2) is 19.0 Å². The molecule has 0 spiro atoms. The van der Waals surface area contributed by atoms with Crippen LogP contribution in [0.2, 0.25) is 5.02 Å². The first-order valence-electron chi connectivity index (χ1n) is 4.54. The van der Waals surface area contributed by atoms with Gasteiger partial charge in [-0.25, -0.2) is 0 Å². The van der Waals surface area contributed by atoms with Crippen molar-refractivity contribution < 1.29 is 4.79 Å². The highest BCUT2D eigenvalue weighted by Crippen LogP contribution is 2.17. The number of carbonyl (C=O) groups is 1. The van der Waals surface area contributed by atoms with Gasteiger partial charge in [0.05, 0.1) is 0 Å². The highest BCUT2D eigenvalue weighted by atomic mass is 35.5. The zero-order valence-electron chi connectivity index (χ0n) is 7.59. The molecule has 74 valence electrons. The van der Waals surface area contributed by atoms with E-state index in [0.29, 0.717) is 11.6 Å². The van der Waals surface area contributed by atoms with Gasteiger partial charge in [0, 0.05) is 18.1 Å². The maximum absolute atomic E-state index is 11.5. The summed E-state index contributed by atoms with van der Waals surface area (Å²) in [4.78, 5) is 11.5. The van der Waals surface area contributed by atoms with Crippen molar-refractivity contribution in [2.75, 3.05) is 13.1 Å². The van der Waals surface area contributed by atoms with Crippen LogP contribution in [0, 0.1) is 0 Å². The number of rotatable bonds is 1. The second-order valence-corrected chi connectivity index (χ2v) is 3.67. The molecule has 2 rings (SSSR count). The molecule has 0 aliphatic carbocycles. The number of hydrogen-bond donors (Lipinski definition) is 2. The van der Waals surface area contributed by atoms with Crippen LogP contribution in [-0.2, 0) is 4.79 Å². The molecule has 0 aromatic heterocycles. The van der Waals surface area contributed by atoms with Crippen molar-refractivity contribution in [3.05, 3.63) is 34.9 Å². The fraction of sp³-hybridized carbons (Fsp3) is 0.300. The molecule has 1 heterocycles. The van der Waals surface area contributed by atoms with E-state index in [1.165, 1.54) is 0 Å². The van der Waals surface area contributed by atoms with E-state index in [2.05, 4.69) is 10.6 Å². The van der Waals surface area contributed by atoms with Crippen molar-refractivity contribution >= 4 is 17.5 Å². The molecule has 0 unspecified atom stereocenters. The van der Waals surface area contributed by atoms with Gasteiger partial charge in [-0.2, -0.15) is 0 Å². The predicted molar refractivity (Wildman–Crippen MR) is 55.2 cm³/mol. The number of amides is 1. The Morgan fingerprint density at radius 3 is 2.57 bits per heavy atom. The Morgan fingerprint density at radius 1 is 1.21 bits per heavy atom. The molecule has 0 bridgehead atoms. The van der Waals surface area contributed by atoms with Crippen LogP contribution in [0.1, 0.15) is 11.6 Å². The molecule has 1 saturated heterocycles. The third kappa shape index (κ3) is 1.89. The Balaban J connectivity index is 2.20. The third-order valence-corrected chi connectivity index (χ3v) is 2.49. The van der Waals surface area contributed by atoms with Crippen molar-refractivity contribution in [1.82, 2.24) is 10.6 Å². The van der Waals surface area contributed by atoms with Gasteiger partial charge in [-0.1, -0.05) is 23.7 Å². The van der Waals surface area contributed by atoms with Gasteiger partial charge in [-0.15, -0.1) is 0 Å². The minimum absolute atomic E-state index is 0.0265. The third-order valence-electron chi connectivity index (χ3n) is 2.24. The summed E-state index contributed by atoms with van der Waals surface area (Å²) in [5.74, 6) is 0.0265. The summed E-state index contributed by atoms with van der Waals surface area (Å²) in [7, 11) is 0. The summed E-state index contributed by atoms with van der Waals surface area (Å²) in [5.41, 5.74) is 0.951. The number of piperazine rings is 1. The van der Waals surface area contributed by atoms with E-state index in [0.717, 1.165) is 12.1 Å². The number of hydrogen-bond acceptors (Lipinski definition) is 2. The van der Waals surface area contributed by atoms with E-state index < -0.39 is 0 Å². The summed E-state index contributed by atoms with van der Waals surface area (Å²) >= 11 is 5.77. The lowest BCUT2D eigenvalue weighted by atomic mass is 10.1. The molecule has 1 aliphatic heterocycles. The second-order valence-electron chi connectivity index (χ2n) is 3.23. The smallest absolute Gasteiger partial charge is 0.241 e. The lowest BCUT2D eigenvalue weighted by Gasteiger charge is -2.23. The van der Waals surface area contributed by atoms with Crippen LogP contribution in [0.15, 0.2) is 24.3 Å². The standard InChI is InChI=1S/C10H11ClN2O/c11-8-3-1-7(2-4-8)9-10(14)13-6-5-12-9/h1-4,9,12H,5-6H2,(H,13,14)/t9-/m1/s1. The van der Waals surface area contributed by atoms with Gasteiger partial charge >= 0.3 is 0 Å². The zero-order valence-corrected chi connectivity index (χ0v) is 8.34. The molecule has 0 radical (unpaired) electrons. The largest absolute Gasteiger partial charge is 0.353 e. The van der Waals surface area contributed by atoms with Crippen LogP contribution in [0.3, 0.4) is 0 Å². The minimum atomic E-state index is -0.235. The average molecular weight is 211 g/mol. The second kappa shape index (κ2) is 3.98. The number of benzene rings is 1. The van der Waals surface area contributed by atoms with E-state index >= 15 is 0 Å². The molecule has 0 saturated carbocycles. The molecule has 1 atom stereocenters. The Kier molecular flexibility index (Phi) is 2.70. The van der Waals surface area contributed by atoms with Crippen LogP contribution in [0.4, 0.5) is 0 Å². The van der Waals surface area contributed by atoms with Gasteiger partial charge in [0.1, 0.15) is 6.04 Å². The quantitative estimate of drug-likeness (QED) is 0.729. The van der Waals surface area contributed by atoms with Crippen LogP contribution >= 0.6 is 11.6 Å². The van der Waals surface area contributed by atoms with Gasteiger partial charge in [0.2, 0.25) is 5.91 Å². The highest BCUT2D eigenvalue weighted by Gasteiger charge is 2.22. The first kappa shape index (κ1) is 9.49. The lowest BCUT2D eigenvalue weighted by molar-refractivity contribution is -0.124. The van der Waals surface area contributed by atoms with Crippen LogP contribution in [0.25, 0.3) is 0 Å². The number of halogens is 1. The van der Waals surface area contributed by atoms with Gasteiger partial charge in [0.15, 0.2) is 0 Å². The molecule has 4 heteroatoms. The number of carbonyl (C=O) groups excluding carboxylic acids is 1. The summed E-state index contributed by atoms with van der Waals surface area (Å²) in [5, 5.41) is 6.65. The monoisotopic (exact) mass is 210 g/mol. The Hall–Kier alpha value is -1.06. The van der Waals surface area contributed by atoms with Crippen molar-refractivity contribution in [2.45, 2.75) is 6.04 Å². The highest BCUT2D eigenvalue weighted by molar-refractivity contribution is 6.30. The zero-order chi connectivity index (χ0) is 9.97. The maximum atomic E-state index is 11.5. The van der Waals surface area contributed by atoms with E-state index in [-0.39, 0.29) is 11.9 Å². The van der Waals surface area contributed by atoms with Crippen molar-refractivity contribution in [2.24, 2.45) is 0 Å². The summed E-state index contributed by atoms with van der Waals surface area (Å²) in [6, 6.07) is 7.08. The Labute approximate surface area is 87.4 Å². The molecule has 2 N–H and O–H groups in total. The van der Waals surface area contributed by atoms with Crippen LogP contribution < -0.4 is 10.6 Å². The van der Waals surface area contributed by atoms with Crippen molar-refractivity contribution in [3.63, 3.8) is 0 Å². The topological polar surface area (TPSA) is 41.1 Å². The summed E-state index contributed by atoms with van der Waals surface area (Å²) in [6.45, 7) is 1.50. The fourth-order valence-corrected chi connectivity index (χ4v) is 1.65. The van der Waals surface area contributed by atoms with Gasteiger partial charge in [-0.05, 0) is 17.7 Å². The Bertz CT molecular complexity index is 336. The van der Waals surface area contributed by atoms with Gasteiger partial charge < -0.3 is 10.6 Å². The molecule has 3 nitrogen and oxygen atoms in total. The SMILES string of the molecule is O=C1NCCN[C@@H]1c1ccc(Cl)cc1. The van der Waals surface area contributed by atoms with Gasteiger partial charge in [-0.3, -0.25) is 4.79 Å². The fourth-order valence-electron chi connectivity index (χ4n) is 1.52. The molecule has 14 heavy (non-hydrogen) atoms. The average Bonchev–Trinajstić information content (AvgIpc) is 2.20. The lowest BCUT2D eigenvalue weighted by Crippen LogP contribution is -2.47. The first-order chi connectivity index (χ1) is 6.77. The predicted octanol–water partition coefficient (Wildman–Crippen LogP) is 1.10. The normalized spacial score (nSPS) is 21.8. The number of nitrogens with one attached hydrogen (secondary N) is 2. The molecule has 1 fully saturated rings. The van der Waals surface area contributed by atoms with E-state index in [1.54, 1.807) is 12.1 Å². The maximum Gasteiger partial charge on any atom is 0.241 e. The molecule has 1 amide bonds. The van der Waals surface area contributed by atoms with E-state index in [4.69, 9.17) is 11.6 Å². The molecular formula is C10H11ClN2O. The van der Waals surface area contributed by atoms with Crippen LogP contribution in [0.5, 0.6) is 0 Å². The van der Waals surface area contributed by atoms with Crippen molar-refractivity contribution in [1.29, 1.82) is 0 Å². The van der Waals surface area contributed by atoms with E-state index in [9.17, 15) is 4.79 Å². The molecule has 1 aromatic rings. The minimum Gasteiger partial charge on any atom is -0.353 e. The molecule has 1 aromatic carbocycles. The summed E-state index contributed by atoms with van der Waals surface area (Å²) in [6.07, 6.45) is 0. The van der Waals surface area contributed by atoms with Gasteiger partial charge in [0.25, 0.3) is 0 Å². The molecule has 1 aliphatic rings. The summed E-state index contributed by atoms with van der Waals surface area (Å²) < 4.78 is 0. The van der Waals surface area contributed by atoms with Crippen molar-refractivity contribution in [3.8, 4) is 0 Å². The Morgan fingerprint density at radius 2 is 1.93 bits per heavy atom. The molecular weight excluding hydrogens is 200 g/mol. The first-order valence-corrected chi connectivity index (χ1v) is 4.92.